The van der Waals surface area contributed by atoms with Crippen molar-refractivity contribution in [2.24, 2.45) is 5.92 Å². The van der Waals surface area contributed by atoms with Crippen LogP contribution in [0.3, 0.4) is 0 Å². The zero-order valence-corrected chi connectivity index (χ0v) is 14.3. The Morgan fingerprint density at radius 3 is 3.00 bits per heavy atom. The van der Waals surface area contributed by atoms with Crippen LogP contribution in [0, 0.1) is 5.92 Å². The third-order valence-electron chi connectivity index (χ3n) is 5.82. The topological polar surface area (TPSA) is 48.1 Å². The van der Waals surface area contributed by atoms with Crippen molar-refractivity contribution >= 4 is 16.8 Å². The summed E-state index contributed by atoms with van der Waals surface area (Å²) in [6.45, 7) is 3.34. The van der Waals surface area contributed by atoms with Gasteiger partial charge in [0.1, 0.15) is 0 Å². The highest BCUT2D eigenvalue weighted by Gasteiger charge is 2.32. The normalized spacial score (nSPS) is 24.7. The predicted molar refractivity (Wildman–Crippen MR) is 96.9 cm³/mol. The van der Waals surface area contributed by atoms with Crippen molar-refractivity contribution in [2.75, 3.05) is 19.6 Å². The minimum atomic E-state index is 0.146. The number of hydrogen-bond acceptors (Lipinski definition) is 2. The molecule has 2 aromatic rings. The number of carbonyl (C=O) groups is 1. The third-order valence-corrected chi connectivity index (χ3v) is 5.82. The van der Waals surface area contributed by atoms with Crippen molar-refractivity contribution in [1.82, 2.24) is 15.2 Å². The Balaban J connectivity index is 1.34. The number of aromatic amines is 1. The van der Waals surface area contributed by atoms with Gasteiger partial charge in [0, 0.05) is 29.7 Å². The van der Waals surface area contributed by atoms with E-state index >= 15 is 0 Å². The van der Waals surface area contributed by atoms with Crippen LogP contribution in [0.1, 0.15) is 37.7 Å². The number of H-pyrrole nitrogens is 1. The van der Waals surface area contributed by atoms with E-state index in [1.165, 1.54) is 45.2 Å². The van der Waals surface area contributed by atoms with Crippen LogP contribution in [0.4, 0.5) is 0 Å². The summed E-state index contributed by atoms with van der Waals surface area (Å²) in [5, 5.41) is 4.37. The first-order valence-electron chi connectivity index (χ1n) is 9.37. The standard InChI is InChI=1S/C20H27N3O/c24-20(12-16-14-21-18-8-2-1-7-17(16)18)22-13-15-6-5-11-23-10-4-3-9-19(15)23/h1-2,7-8,14-15,19,21H,3-6,9-13H2,(H,22,24)/t15-,19+/m1/s1. The molecule has 1 aromatic carbocycles. The van der Waals surface area contributed by atoms with Crippen molar-refractivity contribution in [3.63, 3.8) is 0 Å². The van der Waals surface area contributed by atoms with E-state index in [1.807, 2.05) is 18.3 Å². The molecule has 128 valence electrons. The van der Waals surface area contributed by atoms with Gasteiger partial charge in [0.15, 0.2) is 0 Å². The first-order chi connectivity index (χ1) is 11.8. The molecule has 2 aliphatic rings. The van der Waals surface area contributed by atoms with Crippen LogP contribution in [0.5, 0.6) is 0 Å². The molecule has 0 spiro atoms. The first-order valence-corrected chi connectivity index (χ1v) is 9.37. The molecule has 2 aliphatic heterocycles. The third kappa shape index (κ3) is 3.20. The van der Waals surface area contributed by atoms with Crippen molar-refractivity contribution in [1.29, 1.82) is 0 Å². The molecule has 0 bridgehead atoms. The number of fused-ring (bicyclic) bond motifs is 2. The highest BCUT2D eigenvalue weighted by Crippen LogP contribution is 2.30. The summed E-state index contributed by atoms with van der Waals surface area (Å²) in [7, 11) is 0. The van der Waals surface area contributed by atoms with Gasteiger partial charge in [0.25, 0.3) is 0 Å². The highest BCUT2D eigenvalue weighted by molar-refractivity contribution is 5.88. The number of aromatic nitrogens is 1. The van der Waals surface area contributed by atoms with Gasteiger partial charge in [-0.15, -0.1) is 0 Å². The molecule has 0 saturated carbocycles. The van der Waals surface area contributed by atoms with Crippen molar-refractivity contribution in [3.05, 3.63) is 36.0 Å². The lowest BCUT2D eigenvalue weighted by molar-refractivity contribution is -0.120. The van der Waals surface area contributed by atoms with E-state index in [9.17, 15) is 4.79 Å². The molecule has 4 heteroatoms. The molecule has 2 N–H and O–H groups in total. The van der Waals surface area contributed by atoms with Gasteiger partial charge in [-0.05, 0) is 56.3 Å². The fourth-order valence-corrected chi connectivity index (χ4v) is 4.57. The maximum absolute atomic E-state index is 12.4. The predicted octanol–water partition coefficient (Wildman–Crippen LogP) is 3.09. The molecule has 3 heterocycles. The van der Waals surface area contributed by atoms with Gasteiger partial charge in [-0.3, -0.25) is 4.79 Å². The van der Waals surface area contributed by atoms with Crippen LogP contribution >= 0.6 is 0 Å². The highest BCUT2D eigenvalue weighted by atomic mass is 16.1. The summed E-state index contributed by atoms with van der Waals surface area (Å²) in [4.78, 5) is 18.3. The second kappa shape index (κ2) is 6.98. The maximum atomic E-state index is 12.4. The lowest BCUT2D eigenvalue weighted by atomic mass is 9.83. The van der Waals surface area contributed by atoms with Gasteiger partial charge in [-0.1, -0.05) is 24.6 Å². The van der Waals surface area contributed by atoms with Crippen LogP contribution in [0.15, 0.2) is 30.5 Å². The SMILES string of the molecule is O=C(Cc1c[nH]c2ccccc12)NC[C@H]1CCCN2CCCC[C@@H]12. The minimum absolute atomic E-state index is 0.146. The van der Waals surface area contributed by atoms with Gasteiger partial charge in [0.2, 0.25) is 5.91 Å². The molecule has 2 fully saturated rings. The molecular weight excluding hydrogens is 298 g/mol. The molecule has 24 heavy (non-hydrogen) atoms. The fourth-order valence-electron chi connectivity index (χ4n) is 4.57. The summed E-state index contributed by atoms with van der Waals surface area (Å²) in [5.74, 6) is 0.777. The number of nitrogens with zero attached hydrogens (tertiary/aromatic N) is 1. The summed E-state index contributed by atoms with van der Waals surface area (Å²) >= 11 is 0. The van der Waals surface area contributed by atoms with Crippen molar-refractivity contribution < 1.29 is 4.79 Å². The molecule has 0 unspecified atom stereocenters. The van der Waals surface area contributed by atoms with E-state index in [0.29, 0.717) is 18.4 Å². The van der Waals surface area contributed by atoms with Crippen LogP contribution in [0.2, 0.25) is 0 Å². The van der Waals surface area contributed by atoms with Crippen molar-refractivity contribution in [3.8, 4) is 0 Å². The zero-order chi connectivity index (χ0) is 16.4. The van der Waals surface area contributed by atoms with Crippen molar-refractivity contribution in [2.45, 2.75) is 44.6 Å². The largest absolute Gasteiger partial charge is 0.361 e. The van der Waals surface area contributed by atoms with Gasteiger partial charge in [0.05, 0.1) is 6.42 Å². The number of para-hydroxylation sites is 1. The molecule has 0 radical (unpaired) electrons. The van der Waals surface area contributed by atoms with E-state index in [2.05, 4.69) is 27.3 Å². The van der Waals surface area contributed by atoms with E-state index in [0.717, 1.165) is 23.0 Å². The zero-order valence-electron chi connectivity index (χ0n) is 14.3. The Kier molecular flexibility index (Phi) is 4.56. The number of benzene rings is 1. The smallest absolute Gasteiger partial charge is 0.224 e. The molecule has 2 saturated heterocycles. The fraction of sp³-hybridized carbons (Fsp3) is 0.550. The van der Waals surface area contributed by atoms with Gasteiger partial charge in [-0.2, -0.15) is 0 Å². The summed E-state index contributed by atoms with van der Waals surface area (Å²) in [5.41, 5.74) is 2.19. The summed E-state index contributed by atoms with van der Waals surface area (Å²) in [6.07, 6.45) is 8.97. The van der Waals surface area contributed by atoms with Crippen LogP contribution in [-0.2, 0) is 11.2 Å². The van der Waals surface area contributed by atoms with Gasteiger partial charge in [-0.25, -0.2) is 0 Å². The lowest BCUT2D eigenvalue weighted by Gasteiger charge is -2.44. The maximum Gasteiger partial charge on any atom is 0.224 e. The average molecular weight is 325 g/mol. The van der Waals surface area contributed by atoms with E-state index in [1.54, 1.807) is 0 Å². The van der Waals surface area contributed by atoms with Crippen LogP contribution < -0.4 is 5.32 Å². The number of carbonyl (C=O) groups excluding carboxylic acids is 1. The van der Waals surface area contributed by atoms with Crippen LogP contribution in [-0.4, -0.2) is 41.5 Å². The van der Waals surface area contributed by atoms with Gasteiger partial charge < -0.3 is 15.2 Å². The molecule has 2 atom stereocenters. The quantitative estimate of drug-likeness (QED) is 0.907. The van der Waals surface area contributed by atoms with E-state index in [-0.39, 0.29) is 5.91 Å². The Labute approximate surface area is 143 Å². The average Bonchev–Trinajstić information content (AvgIpc) is 3.03. The molecule has 4 nitrogen and oxygen atoms in total. The molecular formula is C20H27N3O. The van der Waals surface area contributed by atoms with Crippen LogP contribution in [0.25, 0.3) is 10.9 Å². The molecule has 0 aliphatic carbocycles. The number of amides is 1. The Bertz CT molecular complexity index is 706. The molecule has 4 rings (SSSR count). The summed E-state index contributed by atoms with van der Waals surface area (Å²) < 4.78 is 0. The number of hydrogen-bond donors (Lipinski definition) is 2. The van der Waals surface area contributed by atoms with E-state index in [4.69, 9.17) is 0 Å². The van der Waals surface area contributed by atoms with Gasteiger partial charge >= 0.3 is 0 Å². The lowest BCUT2D eigenvalue weighted by Crippen LogP contribution is -2.51. The second-order valence-electron chi connectivity index (χ2n) is 7.34. The Hall–Kier alpha value is -1.81. The van der Waals surface area contributed by atoms with E-state index < -0.39 is 0 Å². The number of rotatable bonds is 4. The number of piperidine rings is 2. The molecule has 1 aromatic heterocycles. The summed E-state index contributed by atoms with van der Waals surface area (Å²) in [6, 6.07) is 8.87. The first kappa shape index (κ1) is 15.7. The minimum Gasteiger partial charge on any atom is -0.361 e. The Morgan fingerprint density at radius 1 is 1.17 bits per heavy atom. The second-order valence-corrected chi connectivity index (χ2v) is 7.34. The molecule has 1 amide bonds. The number of nitrogens with one attached hydrogen (secondary N) is 2. The Morgan fingerprint density at radius 2 is 2.04 bits per heavy atom. The monoisotopic (exact) mass is 325 g/mol.